The zero-order valence-electron chi connectivity index (χ0n) is 18.0. The van der Waals surface area contributed by atoms with Crippen molar-refractivity contribution in [3.63, 3.8) is 0 Å². The van der Waals surface area contributed by atoms with E-state index in [0.717, 1.165) is 22.6 Å². The fraction of sp³-hybridized carbons (Fsp3) is 0.304. The average molecular weight is 429 g/mol. The molecule has 6 nitrogen and oxygen atoms in total. The van der Waals surface area contributed by atoms with Crippen LogP contribution in [0.3, 0.4) is 0 Å². The number of halogens is 1. The number of hydrogen-bond acceptors (Lipinski definition) is 4. The van der Waals surface area contributed by atoms with E-state index in [-0.39, 0.29) is 5.91 Å². The van der Waals surface area contributed by atoms with Crippen LogP contribution in [0.25, 0.3) is 11.8 Å². The number of benzene rings is 1. The van der Waals surface area contributed by atoms with Crippen LogP contribution in [0.1, 0.15) is 30.8 Å². The summed E-state index contributed by atoms with van der Waals surface area (Å²) in [5.41, 5.74) is 4.87. The fourth-order valence-corrected chi connectivity index (χ4v) is 4.14. The number of rotatable bonds is 5. The highest BCUT2D eigenvalue weighted by Crippen LogP contribution is 2.34. The summed E-state index contributed by atoms with van der Waals surface area (Å²) in [6.07, 6.45) is 1.76. The minimum Gasteiger partial charge on any atom is -0.495 e. The summed E-state index contributed by atoms with van der Waals surface area (Å²) in [6.45, 7) is 8.05. The van der Waals surface area contributed by atoms with Gasteiger partial charge in [0.1, 0.15) is 5.75 Å². The lowest BCUT2D eigenvalue weighted by molar-refractivity contribution is -0.136. The Balaban J connectivity index is 2.13. The minimum absolute atomic E-state index is 0.201. The van der Waals surface area contributed by atoms with Gasteiger partial charge >= 0.3 is 5.97 Å². The van der Waals surface area contributed by atoms with E-state index in [0.29, 0.717) is 34.2 Å². The van der Waals surface area contributed by atoms with Crippen LogP contribution in [-0.4, -0.2) is 42.1 Å². The Morgan fingerprint density at radius 3 is 2.43 bits per heavy atom. The normalized spacial score (nSPS) is 15.4. The molecule has 2 aromatic rings. The number of likely N-dealkylation sites (N-methyl/N-ethyl adjacent to an activating group) is 1. The smallest absolute Gasteiger partial charge is 0.340 e. The first kappa shape index (κ1) is 21.7. The molecule has 0 atom stereocenters. The van der Waals surface area contributed by atoms with E-state index >= 15 is 0 Å². The van der Waals surface area contributed by atoms with Crippen LogP contribution in [0.2, 0.25) is 5.02 Å². The lowest BCUT2D eigenvalue weighted by Crippen LogP contribution is -2.24. The number of amides is 1. The number of carbonyl (C=O) groups excluding carboxylic acids is 2. The van der Waals surface area contributed by atoms with Crippen molar-refractivity contribution in [1.82, 2.24) is 9.47 Å². The second-order valence-corrected chi connectivity index (χ2v) is 7.45. The third-order valence-electron chi connectivity index (χ3n) is 5.38. The van der Waals surface area contributed by atoms with Gasteiger partial charge in [-0.25, -0.2) is 4.79 Å². The molecule has 1 amide bonds. The maximum absolute atomic E-state index is 12.9. The number of nitrogens with zero attached hydrogens (tertiary/aromatic N) is 2. The Morgan fingerprint density at radius 2 is 1.87 bits per heavy atom. The summed E-state index contributed by atoms with van der Waals surface area (Å²) in [6, 6.07) is 7.55. The van der Waals surface area contributed by atoms with Crippen molar-refractivity contribution in [3.05, 3.63) is 63.1 Å². The Hall–Kier alpha value is -2.99. The van der Waals surface area contributed by atoms with Crippen molar-refractivity contribution in [3.8, 4) is 11.4 Å². The summed E-state index contributed by atoms with van der Waals surface area (Å²) >= 11 is 6.31. The molecule has 3 rings (SSSR count). The third-order valence-corrected chi connectivity index (χ3v) is 5.68. The van der Waals surface area contributed by atoms with E-state index in [1.165, 1.54) is 7.11 Å². The maximum atomic E-state index is 12.9. The first-order chi connectivity index (χ1) is 14.2. The molecule has 0 bridgehead atoms. The SMILES string of the molecule is CCN1C(=O)C(=Cc2cc(C)n(-c3ccc(OC)c(Cl)c3)c2C)C(C(=O)OC)=C1C. The average Bonchev–Trinajstić information content (AvgIpc) is 3.13. The lowest BCUT2D eigenvalue weighted by atomic mass is 10.0. The predicted octanol–water partition coefficient (Wildman–Crippen LogP) is 4.45. The molecule has 158 valence electrons. The summed E-state index contributed by atoms with van der Waals surface area (Å²) in [5.74, 6) is -0.115. The molecular formula is C23H25ClN2O4. The Bertz CT molecular complexity index is 1090. The van der Waals surface area contributed by atoms with Gasteiger partial charge < -0.3 is 18.9 Å². The highest BCUT2D eigenvalue weighted by atomic mass is 35.5. The molecule has 1 aromatic carbocycles. The molecule has 0 fully saturated rings. The molecule has 0 saturated heterocycles. The van der Waals surface area contributed by atoms with Crippen LogP contribution in [-0.2, 0) is 14.3 Å². The summed E-state index contributed by atoms with van der Waals surface area (Å²) < 4.78 is 12.2. The van der Waals surface area contributed by atoms with E-state index in [1.54, 1.807) is 25.0 Å². The Labute approximate surface area is 181 Å². The minimum atomic E-state index is -0.515. The van der Waals surface area contributed by atoms with Gasteiger partial charge in [0.15, 0.2) is 0 Å². The van der Waals surface area contributed by atoms with Crippen LogP contribution in [0.4, 0.5) is 0 Å². The fourth-order valence-electron chi connectivity index (χ4n) is 3.89. The molecule has 1 aromatic heterocycles. The number of carbonyl (C=O) groups is 2. The molecule has 1 aliphatic rings. The summed E-state index contributed by atoms with van der Waals surface area (Å²) in [7, 11) is 2.89. The first-order valence-electron chi connectivity index (χ1n) is 9.61. The molecule has 0 unspecified atom stereocenters. The molecular weight excluding hydrogens is 404 g/mol. The first-order valence-corrected chi connectivity index (χ1v) is 9.98. The number of esters is 1. The van der Waals surface area contributed by atoms with Gasteiger partial charge in [0, 0.05) is 29.3 Å². The van der Waals surface area contributed by atoms with Crippen molar-refractivity contribution in [1.29, 1.82) is 0 Å². The number of ether oxygens (including phenoxy) is 2. The standard InChI is InChI=1S/C23H25ClN2O4/c1-7-25-15(4)21(23(28)30-6)18(22(25)27)11-16-10-13(2)26(14(16)3)17-8-9-20(29-5)19(24)12-17/h8-12H,7H2,1-6H3. The lowest BCUT2D eigenvalue weighted by Gasteiger charge is -2.14. The Kier molecular flexibility index (Phi) is 6.08. The number of aryl methyl sites for hydroxylation is 1. The number of aromatic nitrogens is 1. The topological polar surface area (TPSA) is 60.8 Å². The van der Waals surface area contributed by atoms with Gasteiger partial charge in [-0.3, -0.25) is 4.79 Å². The number of methoxy groups -OCH3 is 2. The monoisotopic (exact) mass is 428 g/mol. The molecule has 2 heterocycles. The highest BCUT2D eigenvalue weighted by molar-refractivity contribution is 6.32. The van der Waals surface area contributed by atoms with Gasteiger partial charge in [-0.05, 0) is 63.6 Å². The van der Waals surface area contributed by atoms with Crippen molar-refractivity contribution in [2.75, 3.05) is 20.8 Å². The largest absolute Gasteiger partial charge is 0.495 e. The van der Waals surface area contributed by atoms with Crippen molar-refractivity contribution in [2.24, 2.45) is 0 Å². The molecule has 0 N–H and O–H groups in total. The van der Waals surface area contributed by atoms with Gasteiger partial charge in [0.05, 0.1) is 30.4 Å². The van der Waals surface area contributed by atoms with E-state index in [4.69, 9.17) is 21.1 Å². The molecule has 0 saturated carbocycles. The van der Waals surface area contributed by atoms with Crippen LogP contribution in [0, 0.1) is 13.8 Å². The zero-order chi connectivity index (χ0) is 22.2. The van der Waals surface area contributed by atoms with Gasteiger partial charge in [0.2, 0.25) is 0 Å². The molecule has 0 aliphatic carbocycles. The van der Waals surface area contributed by atoms with E-state index in [1.807, 2.05) is 49.6 Å². The van der Waals surface area contributed by atoms with Crippen LogP contribution in [0.15, 0.2) is 41.1 Å². The Morgan fingerprint density at radius 1 is 1.17 bits per heavy atom. The van der Waals surface area contributed by atoms with E-state index < -0.39 is 5.97 Å². The van der Waals surface area contributed by atoms with Gasteiger partial charge in [-0.2, -0.15) is 0 Å². The van der Waals surface area contributed by atoms with Crippen molar-refractivity contribution in [2.45, 2.75) is 27.7 Å². The quantitative estimate of drug-likeness (QED) is 0.521. The van der Waals surface area contributed by atoms with Crippen molar-refractivity contribution >= 4 is 29.6 Å². The second-order valence-electron chi connectivity index (χ2n) is 7.04. The van der Waals surface area contributed by atoms with Gasteiger partial charge in [-0.15, -0.1) is 0 Å². The van der Waals surface area contributed by atoms with E-state index in [9.17, 15) is 9.59 Å². The zero-order valence-corrected chi connectivity index (χ0v) is 18.8. The van der Waals surface area contributed by atoms with Crippen LogP contribution in [0.5, 0.6) is 5.75 Å². The van der Waals surface area contributed by atoms with Gasteiger partial charge in [0.25, 0.3) is 5.91 Å². The van der Waals surface area contributed by atoms with Gasteiger partial charge in [-0.1, -0.05) is 11.6 Å². The third kappa shape index (κ3) is 3.52. The highest BCUT2D eigenvalue weighted by Gasteiger charge is 2.36. The van der Waals surface area contributed by atoms with Crippen LogP contribution < -0.4 is 4.74 Å². The molecule has 1 aliphatic heterocycles. The number of allylic oxidation sites excluding steroid dienone is 1. The summed E-state index contributed by atoms with van der Waals surface area (Å²) in [4.78, 5) is 26.9. The molecule has 7 heteroatoms. The summed E-state index contributed by atoms with van der Waals surface area (Å²) in [5, 5.41) is 0.512. The second kappa shape index (κ2) is 8.40. The maximum Gasteiger partial charge on any atom is 0.340 e. The molecule has 30 heavy (non-hydrogen) atoms. The number of hydrogen-bond donors (Lipinski definition) is 0. The molecule has 0 spiro atoms. The van der Waals surface area contributed by atoms with Crippen molar-refractivity contribution < 1.29 is 19.1 Å². The van der Waals surface area contributed by atoms with E-state index in [2.05, 4.69) is 0 Å². The van der Waals surface area contributed by atoms with Crippen LogP contribution >= 0.6 is 11.6 Å². The predicted molar refractivity (Wildman–Crippen MR) is 117 cm³/mol. The molecule has 0 radical (unpaired) electrons.